The minimum absolute atomic E-state index is 0. The maximum Gasteiger partial charge on any atom is 0.220 e. The Morgan fingerprint density at radius 3 is 2.48 bits per heavy atom. The van der Waals surface area contributed by atoms with Crippen LogP contribution in [0.15, 0.2) is 0 Å². The standard InChI is InChI=1S/C17H33N3O.2ClH/c1-2-20-11-7-4-8-15(20)13-19-16(21)12-17(14-18)9-5-3-6-10-17;;/h15H,2-14,18H2,1H3,(H,19,21);2*1H. The molecule has 138 valence electrons. The van der Waals surface area contributed by atoms with E-state index < -0.39 is 0 Å². The zero-order valence-corrected chi connectivity index (χ0v) is 16.2. The minimum Gasteiger partial charge on any atom is -0.355 e. The van der Waals surface area contributed by atoms with Gasteiger partial charge in [0, 0.05) is 19.0 Å². The van der Waals surface area contributed by atoms with Crippen LogP contribution in [0.1, 0.15) is 64.7 Å². The molecule has 0 bridgehead atoms. The van der Waals surface area contributed by atoms with Crippen molar-refractivity contribution >= 4 is 30.7 Å². The van der Waals surface area contributed by atoms with Gasteiger partial charge in [0.15, 0.2) is 0 Å². The number of carbonyl (C=O) groups excluding carboxylic acids is 1. The van der Waals surface area contributed by atoms with E-state index in [-0.39, 0.29) is 36.1 Å². The van der Waals surface area contributed by atoms with Crippen LogP contribution >= 0.6 is 24.8 Å². The van der Waals surface area contributed by atoms with E-state index in [0.717, 1.165) is 25.9 Å². The second kappa shape index (κ2) is 11.5. The molecule has 0 radical (unpaired) electrons. The topological polar surface area (TPSA) is 58.4 Å². The molecule has 0 aromatic carbocycles. The van der Waals surface area contributed by atoms with Gasteiger partial charge in [0.25, 0.3) is 0 Å². The summed E-state index contributed by atoms with van der Waals surface area (Å²) in [6.07, 6.45) is 10.5. The van der Waals surface area contributed by atoms with Crippen molar-refractivity contribution in [1.82, 2.24) is 10.2 Å². The van der Waals surface area contributed by atoms with Gasteiger partial charge >= 0.3 is 0 Å². The van der Waals surface area contributed by atoms with E-state index in [1.165, 1.54) is 45.1 Å². The molecule has 0 aromatic rings. The molecule has 1 saturated carbocycles. The SMILES string of the molecule is CCN1CCCCC1CNC(=O)CC1(CN)CCCCC1.Cl.Cl. The molecule has 6 heteroatoms. The van der Waals surface area contributed by atoms with Crippen LogP contribution < -0.4 is 11.1 Å². The highest BCUT2D eigenvalue weighted by Gasteiger charge is 2.33. The first-order valence-electron chi connectivity index (χ1n) is 8.90. The molecule has 1 aliphatic heterocycles. The number of likely N-dealkylation sites (N-methyl/N-ethyl adjacent to an activating group) is 1. The third-order valence-corrected chi connectivity index (χ3v) is 5.57. The molecule has 2 aliphatic rings. The van der Waals surface area contributed by atoms with Gasteiger partial charge in [-0.3, -0.25) is 9.69 Å². The van der Waals surface area contributed by atoms with E-state index >= 15 is 0 Å². The van der Waals surface area contributed by atoms with Crippen molar-refractivity contribution in [3.05, 3.63) is 0 Å². The Kier molecular flexibility index (Phi) is 11.5. The van der Waals surface area contributed by atoms with E-state index in [1.54, 1.807) is 0 Å². The molecule has 0 aromatic heterocycles. The molecule has 23 heavy (non-hydrogen) atoms. The molecular formula is C17H35Cl2N3O. The summed E-state index contributed by atoms with van der Waals surface area (Å²) in [5.74, 6) is 0.212. The van der Waals surface area contributed by atoms with E-state index in [0.29, 0.717) is 19.0 Å². The predicted molar refractivity (Wildman–Crippen MR) is 102 cm³/mol. The number of carbonyl (C=O) groups is 1. The van der Waals surface area contributed by atoms with Gasteiger partial charge in [-0.1, -0.05) is 32.6 Å². The number of piperidine rings is 1. The van der Waals surface area contributed by atoms with E-state index in [1.807, 2.05) is 0 Å². The van der Waals surface area contributed by atoms with Crippen LogP contribution in [0.25, 0.3) is 0 Å². The first kappa shape index (κ1) is 23.0. The van der Waals surface area contributed by atoms with Gasteiger partial charge in [0.05, 0.1) is 0 Å². The number of halogens is 2. The van der Waals surface area contributed by atoms with Crippen molar-refractivity contribution in [3.8, 4) is 0 Å². The van der Waals surface area contributed by atoms with E-state index in [9.17, 15) is 4.79 Å². The maximum absolute atomic E-state index is 12.3. The van der Waals surface area contributed by atoms with Crippen LogP contribution in [0, 0.1) is 5.41 Å². The Hall–Kier alpha value is -0.0300. The van der Waals surface area contributed by atoms with Gasteiger partial charge < -0.3 is 11.1 Å². The van der Waals surface area contributed by atoms with Crippen molar-refractivity contribution < 1.29 is 4.79 Å². The number of nitrogens with two attached hydrogens (primary N) is 1. The molecule has 1 saturated heterocycles. The van der Waals surface area contributed by atoms with Crippen LogP contribution in [0.5, 0.6) is 0 Å². The summed E-state index contributed by atoms with van der Waals surface area (Å²) >= 11 is 0. The summed E-state index contributed by atoms with van der Waals surface area (Å²) in [5.41, 5.74) is 6.06. The number of amides is 1. The Balaban J connectivity index is 0.00000242. The van der Waals surface area contributed by atoms with Gasteiger partial charge in [-0.05, 0) is 50.7 Å². The summed E-state index contributed by atoms with van der Waals surface area (Å²) in [5, 5.41) is 3.19. The molecule has 2 rings (SSSR count). The number of nitrogens with one attached hydrogen (secondary N) is 1. The van der Waals surface area contributed by atoms with Crippen LogP contribution in [0.2, 0.25) is 0 Å². The minimum atomic E-state index is 0. The average molecular weight is 368 g/mol. The molecule has 1 amide bonds. The van der Waals surface area contributed by atoms with E-state index in [2.05, 4.69) is 17.1 Å². The highest BCUT2D eigenvalue weighted by molar-refractivity contribution is 5.85. The molecule has 1 atom stereocenters. The van der Waals surface area contributed by atoms with Crippen molar-refractivity contribution in [2.45, 2.75) is 70.8 Å². The number of likely N-dealkylation sites (tertiary alicyclic amines) is 1. The molecule has 4 nitrogen and oxygen atoms in total. The summed E-state index contributed by atoms with van der Waals surface area (Å²) in [7, 11) is 0. The Bertz CT molecular complexity index is 336. The fourth-order valence-electron chi connectivity index (χ4n) is 4.10. The first-order chi connectivity index (χ1) is 10.2. The highest BCUT2D eigenvalue weighted by Crippen LogP contribution is 2.38. The zero-order valence-electron chi connectivity index (χ0n) is 14.5. The van der Waals surface area contributed by atoms with Gasteiger partial charge in [-0.2, -0.15) is 0 Å². The van der Waals surface area contributed by atoms with Crippen molar-refractivity contribution in [2.24, 2.45) is 11.1 Å². The molecule has 1 aliphatic carbocycles. The van der Waals surface area contributed by atoms with Crippen LogP contribution in [-0.4, -0.2) is 43.0 Å². The predicted octanol–water partition coefficient (Wildman–Crippen LogP) is 3.12. The van der Waals surface area contributed by atoms with Crippen LogP contribution in [0.3, 0.4) is 0 Å². The molecule has 2 fully saturated rings. The molecule has 0 spiro atoms. The summed E-state index contributed by atoms with van der Waals surface area (Å²) in [4.78, 5) is 14.8. The summed E-state index contributed by atoms with van der Waals surface area (Å²) < 4.78 is 0. The summed E-state index contributed by atoms with van der Waals surface area (Å²) in [6, 6.07) is 0.535. The van der Waals surface area contributed by atoms with Crippen molar-refractivity contribution in [3.63, 3.8) is 0 Å². The third kappa shape index (κ3) is 6.77. The number of hydrogen-bond donors (Lipinski definition) is 2. The molecule has 1 heterocycles. The third-order valence-electron chi connectivity index (χ3n) is 5.57. The number of rotatable bonds is 6. The fourth-order valence-corrected chi connectivity index (χ4v) is 4.10. The fraction of sp³-hybridized carbons (Fsp3) is 0.941. The lowest BCUT2D eigenvalue weighted by Gasteiger charge is -2.37. The van der Waals surface area contributed by atoms with Crippen LogP contribution in [-0.2, 0) is 4.79 Å². The van der Waals surface area contributed by atoms with Gasteiger partial charge in [-0.15, -0.1) is 24.8 Å². The first-order valence-corrected chi connectivity index (χ1v) is 8.90. The van der Waals surface area contributed by atoms with Crippen molar-refractivity contribution in [2.75, 3.05) is 26.2 Å². The van der Waals surface area contributed by atoms with Gasteiger partial charge in [-0.25, -0.2) is 0 Å². The Morgan fingerprint density at radius 1 is 1.17 bits per heavy atom. The Morgan fingerprint density at radius 2 is 1.87 bits per heavy atom. The second-order valence-electron chi connectivity index (χ2n) is 7.02. The van der Waals surface area contributed by atoms with Crippen molar-refractivity contribution in [1.29, 1.82) is 0 Å². The summed E-state index contributed by atoms with van der Waals surface area (Å²) in [6.45, 7) is 5.96. The molecular weight excluding hydrogens is 333 g/mol. The molecule has 3 N–H and O–H groups in total. The average Bonchev–Trinajstić information content (AvgIpc) is 2.54. The normalized spacial score (nSPS) is 24.2. The van der Waals surface area contributed by atoms with Crippen LogP contribution in [0.4, 0.5) is 0 Å². The highest BCUT2D eigenvalue weighted by atomic mass is 35.5. The quantitative estimate of drug-likeness (QED) is 0.757. The Labute approximate surface area is 154 Å². The van der Waals surface area contributed by atoms with E-state index in [4.69, 9.17) is 5.73 Å². The lowest BCUT2D eigenvalue weighted by atomic mass is 9.71. The number of hydrogen-bond acceptors (Lipinski definition) is 3. The maximum atomic E-state index is 12.3. The van der Waals surface area contributed by atoms with Gasteiger partial charge in [0.2, 0.25) is 5.91 Å². The van der Waals surface area contributed by atoms with Gasteiger partial charge in [0.1, 0.15) is 0 Å². The largest absolute Gasteiger partial charge is 0.355 e. The lowest BCUT2D eigenvalue weighted by Crippen LogP contribution is -2.47. The lowest BCUT2D eigenvalue weighted by molar-refractivity contribution is -0.124. The monoisotopic (exact) mass is 367 g/mol. The second-order valence-corrected chi connectivity index (χ2v) is 7.02. The number of nitrogens with zero attached hydrogens (tertiary/aromatic N) is 1. The molecule has 1 unspecified atom stereocenters. The zero-order chi connectivity index (χ0) is 15.1. The smallest absolute Gasteiger partial charge is 0.220 e.